The number of hydrogen-bond donors (Lipinski definition) is 0. The lowest BCUT2D eigenvalue weighted by molar-refractivity contribution is 0.103. The van der Waals surface area contributed by atoms with Gasteiger partial charge in [0, 0.05) is 23.4 Å². The van der Waals surface area contributed by atoms with Crippen LogP contribution >= 0.6 is 0 Å². The zero-order valence-corrected chi connectivity index (χ0v) is 12.6. The van der Waals surface area contributed by atoms with Crippen LogP contribution in [0.4, 0.5) is 0 Å². The monoisotopic (exact) mass is 305 g/mol. The highest BCUT2D eigenvalue weighted by Gasteiger charge is 2.15. The fourth-order valence-electron chi connectivity index (χ4n) is 2.40. The fourth-order valence-corrected chi connectivity index (χ4v) is 2.40. The van der Waals surface area contributed by atoms with Crippen molar-refractivity contribution in [1.29, 1.82) is 0 Å². The molecule has 0 saturated heterocycles. The maximum atomic E-state index is 12.8. The minimum Gasteiger partial charge on any atom is -0.497 e. The van der Waals surface area contributed by atoms with Crippen LogP contribution < -0.4 is 10.3 Å². The predicted octanol–water partition coefficient (Wildman–Crippen LogP) is 3.08. The first-order valence-corrected chi connectivity index (χ1v) is 7.16. The molecule has 2 aromatic carbocycles. The minimum absolute atomic E-state index is 0.140. The summed E-state index contributed by atoms with van der Waals surface area (Å²) < 4.78 is 6.58. The molecule has 0 amide bonds. The maximum Gasteiger partial charge on any atom is 0.255 e. The van der Waals surface area contributed by atoms with E-state index in [2.05, 4.69) is 0 Å². The second-order valence-corrected chi connectivity index (χ2v) is 4.98. The van der Waals surface area contributed by atoms with Crippen molar-refractivity contribution in [3.05, 3.63) is 94.4 Å². The number of pyridine rings is 1. The van der Waals surface area contributed by atoms with Crippen LogP contribution in [0.3, 0.4) is 0 Å². The highest BCUT2D eigenvalue weighted by atomic mass is 16.5. The molecule has 0 aliphatic carbocycles. The smallest absolute Gasteiger partial charge is 0.255 e. The summed E-state index contributed by atoms with van der Waals surface area (Å²) in [6.07, 6.45) is 1.66. The van der Waals surface area contributed by atoms with Gasteiger partial charge in [-0.3, -0.25) is 14.2 Å². The van der Waals surface area contributed by atoms with E-state index in [1.54, 1.807) is 74.0 Å². The third kappa shape index (κ3) is 2.92. The van der Waals surface area contributed by atoms with Gasteiger partial charge < -0.3 is 4.74 Å². The number of ether oxygens (including phenoxy) is 1. The van der Waals surface area contributed by atoms with E-state index in [9.17, 15) is 9.59 Å². The lowest BCUT2D eigenvalue weighted by Crippen LogP contribution is -2.18. The van der Waals surface area contributed by atoms with Crippen LogP contribution in [0.15, 0.2) is 77.7 Å². The number of hydrogen-bond acceptors (Lipinski definition) is 3. The Hall–Kier alpha value is -3.14. The minimum atomic E-state index is -0.178. The van der Waals surface area contributed by atoms with Crippen molar-refractivity contribution >= 4 is 5.78 Å². The Labute approximate surface area is 133 Å². The molecule has 0 unspecified atom stereocenters. The van der Waals surface area contributed by atoms with Crippen LogP contribution in [-0.4, -0.2) is 17.5 Å². The number of benzene rings is 2. The molecule has 0 radical (unpaired) electrons. The van der Waals surface area contributed by atoms with Crippen molar-refractivity contribution in [2.75, 3.05) is 7.11 Å². The number of nitrogens with zero attached hydrogens (tertiary/aromatic N) is 1. The summed E-state index contributed by atoms with van der Waals surface area (Å²) in [5.41, 5.74) is 1.41. The van der Waals surface area contributed by atoms with Gasteiger partial charge in [0.2, 0.25) is 0 Å². The van der Waals surface area contributed by atoms with Gasteiger partial charge in [-0.15, -0.1) is 0 Å². The quantitative estimate of drug-likeness (QED) is 0.696. The molecule has 0 atom stereocenters. The van der Waals surface area contributed by atoms with Crippen LogP contribution in [0.5, 0.6) is 5.75 Å². The lowest BCUT2D eigenvalue weighted by Gasteiger charge is -2.11. The van der Waals surface area contributed by atoms with E-state index in [-0.39, 0.29) is 11.3 Å². The molecule has 0 aliphatic heterocycles. The maximum absolute atomic E-state index is 12.8. The van der Waals surface area contributed by atoms with Gasteiger partial charge >= 0.3 is 0 Å². The Bertz CT molecular complexity index is 895. The van der Waals surface area contributed by atoms with Crippen molar-refractivity contribution in [3.8, 4) is 11.4 Å². The summed E-state index contributed by atoms with van der Waals surface area (Å²) in [4.78, 5) is 24.8. The van der Waals surface area contributed by atoms with Crippen molar-refractivity contribution in [3.63, 3.8) is 0 Å². The first kappa shape index (κ1) is 14.8. The standard InChI is InChI=1S/C19H15NO3/c1-23-15-11-9-14(10-12-15)19(22)16-6-2-3-7-17(16)20-13-5-4-8-18(20)21/h2-13H,1H3. The van der Waals surface area contributed by atoms with Crippen molar-refractivity contribution < 1.29 is 9.53 Å². The number of rotatable bonds is 4. The molecule has 0 N–H and O–H groups in total. The molecular formula is C19H15NO3. The second kappa shape index (κ2) is 6.32. The topological polar surface area (TPSA) is 48.3 Å². The van der Waals surface area contributed by atoms with Gasteiger partial charge in [-0.05, 0) is 42.5 Å². The van der Waals surface area contributed by atoms with Crippen LogP contribution in [0.2, 0.25) is 0 Å². The van der Waals surface area contributed by atoms with E-state index in [4.69, 9.17) is 4.74 Å². The van der Waals surface area contributed by atoms with E-state index in [1.165, 1.54) is 10.6 Å². The van der Waals surface area contributed by atoms with Gasteiger partial charge in [0.25, 0.3) is 5.56 Å². The number of ketones is 1. The number of methoxy groups -OCH3 is 1. The third-order valence-electron chi connectivity index (χ3n) is 3.58. The zero-order valence-electron chi connectivity index (χ0n) is 12.6. The Morgan fingerprint density at radius 1 is 0.913 bits per heavy atom. The SMILES string of the molecule is COc1ccc(C(=O)c2ccccc2-n2ccccc2=O)cc1. The third-order valence-corrected chi connectivity index (χ3v) is 3.58. The van der Waals surface area contributed by atoms with Crippen LogP contribution in [-0.2, 0) is 0 Å². The molecule has 0 bridgehead atoms. The molecule has 1 heterocycles. The first-order valence-electron chi connectivity index (χ1n) is 7.16. The van der Waals surface area contributed by atoms with Crippen molar-refractivity contribution in [2.45, 2.75) is 0 Å². The molecule has 4 heteroatoms. The van der Waals surface area contributed by atoms with E-state index >= 15 is 0 Å². The molecule has 3 aromatic rings. The van der Waals surface area contributed by atoms with Gasteiger partial charge in [0.15, 0.2) is 5.78 Å². The van der Waals surface area contributed by atoms with Crippen LogP contribution in [0.1, 0.15) is 15.9 Å². The summed E-state index contributed by atoms with van der Waals surface area (Å²) >= 11 is 0. The Kier molecular flexibility index (Phi) is 4.06. The predicted molar refractivity (Wildman–Crippen MR) is 88.5 cm³/mol. The molecule has 3 rings (SSSR count). The average Bonchev–Trinajstić information content (AvgIpc) is 2.62. The lowest BCUT2D eigenvalue weighted by atomic mass is 10.0. The summed E-state index contributed by atoms with van der Waals surface area (Å²) in [5, 5.41) is 0. The largest absolute Gasteiger partial charge is 0.497 e. The van der Waals surface area contributed by atoms with Crippen LogP contribution in [0.25, 0.3) is 5.69 Å². The van der Waals surface area contributed by atoms with E-state index in [0.29, 0.717) is 22.6 Å². The van der Waals surface area contributed by atoms with Gasteiger partial charge in [0.05, 0.1) is 12.8 Å². The Morgan fingerprint density at radius 3 is 2.30 bits per heavy atom. The molecule has 1 aromatic heterocycles. The number of aromatic nitrogens is 1. The summed E-state index contributed by atoms with van der Waals surface area (Å²) in [6, 6.07) is 18.9. The Morgan fingerprint density at radius 2 is 1.61 bits per heavy atom. The number of para-hydroxylation sites is 1. The molecular weight excluding hydrogens is 290 g/mol. The van der Waals surface area contributed by atoms with Crippen molar-refractivity contribution in [1.82, 2.24) is 4.57 Å². The van der Waals surface area contributed by atoms with Gasteiger partial charge in [0.1, 0.15) is 5.75 Å². The van der Waals surface area contributed by atoms with E-state index < -0.39 is 0 Å². The number of carbonyl (C=O) groups excluding carboxylic acids is 1. The zero-order chi connectivity index (χ0) is 16.2. The molecule has 23 heavy (non-hydrogen) atoms. The molecule has 0 fully saturated rings. The normalized spacial score (nSPS) is 10.3. The molecule has 4 nitrogen and oxygen atoms in total. The Balaban J connectivity index is 2.08. The highest BCUT2D eigenvalue weighted by molar-refractivity contribution is 6.11. The average molecular weight is 305 g/mol. The van der Waals surface area contributed by atoms with Gasteiger partial charge in [-0.25, -0.2) is 0 Å². The summed E-state index contributed by atoms with van der Waals surface area (Å²) in [6.45, 7) is 0. The first-order chi connectivity index (χ1) is 11.2. The van der Waals surface area contributed by atoms with Crippen LogP contribution in [0, 0.1) is 0 Å². The van der Waals surface area contributed by atoms with Crippen molar-refractivity contribution in [2.24, 2.45) is 0 Å². The molecule has 0 aliphatic rings. The fraction of sp³-hybridized carbons (Fsp3) is 0.0526. The summed E-state index contributed by atoms with van der Waals surface area (Å²) in [7, 11) is 1.58. The van der Waals surface area contributed by atoms with Gasteiger partial charge in [-0.2, -0.15) is 0 Å². The highest BCUT2D eigenvalue weighted by Crippen LogP contribution is 2.19. The van der Waals surface area contributed by atoms with E-state index in [1.807, 2.05) is 0 Å². The second-order valence-electron chi connectivity index (χ2n) is 4.98. The molecule has 114 valence electrons. The summed E-state index contributed by atoms with van der Waals surface area (Å²) in [5.74, 6) is 0.549. The number of carbonyl (C=O) groups is 1. The molecule has 0 spiro atoms. The van der Waals surface area contributed by atoms with E-state index in [0.717, 1.165) is 0 Å². The van der Waals surface area contributed by atoms with Gasteiger partial charge in [-0.1, -0.05) is 18.2 Å². The molecule has 0 saturated carbocycles.